The molecule has 2 aliphatic heterocycles. The maximum atomic E-state index is 12.5. The summed E-state index contributed by atoms with van der Waals surface area (Å²) in [5.41, 5.74) is 8.94. The van der Waals surface area contributed by atoms with Gasteiger partial charge in [-0.1, -0.05) is 0 Å². The fourth-order valence-electron chi connectivity index (χ4n) is 5.21. The summed E-state index contributed by atoms with van der Waals surface area (Å²) in [4.78, 5) is 29.8. The van der Waals surface area contributed by atoms with Gasteiger partial charge in [0.15, 0.2) is 18.2 Å². The highest BCUT2D eigenvalue weighted by molar-refractivity contribution is 5.95. The van der Waals surface area contributed by atoms with Crippen LogP contribution in [0.5, 0.6) is 11.5 Å². The molecule has 2 aromatic rings. The van der Waals surface area contributed by atoms with E-state index >= 15 is 0 Å². The van der Waals surface area contributed by atoms with Gasteiger partial charge in [-0.3, -0.25) is 9.69 Å². The second kappa shape index (κ2) is 9.78. The minimum absolute atomic E-state index is 0.0508. The maximum Gasteiger partial charge on any atom is 0.416 e. The molecular formula is C27H30N6O5. The maximum absolute atomic E-state index is 12.5. The molecule has 4 aliphatic rings. The highest BCUT2D eigenvalue weighted by Crippen LogP contribution is 2.36. The van der Waals surface area contributed by atoms with Crippen molar-refractivity contribution in [2.45, 2.75) is 43.7 Å². The van der Waals surface area contributed by atoms with Crippen LogP contribution in [-0.2, 0) is 22.4 Å². The number of hydrogen-bond acceptors (Lipinski definition) is 9. The van der Waals surface area contributed by atoms with Crippen molar-refractivity contribution in [1.29, 1.82) is 5.26 Å². The molecule has 2 fully saturated rings. The molecule has 3 heterocycles. The summed E-state index contributed by atoms with van der Waals surface area (Å²) in [7, 11) is 0. The highest BCUT2D eigenvalue weighted by Gasteiger charge is 2.39. The molecule has 1 saturated heterocycles. The van der Waals surface area contributed by atoms with Gasteiger partial charge in [-0.25, -0.2) is 9.78 Å². The number of pyridine rings is 1. The van der Waals surface area contributed by atoms with Crippen LogP contribution in [0.3, 0.4) is 0 Å². The number of aromatic nitrogens is 1. The van der Waals surface area contributed by atoms with E-state index in [9.17, 15) is 14.9 Å². The van der Waals surface area contributed by atoms with Crippen LogP contribution in [0.1, 0.15) is 36.0 Å². The molecule has 0 spiro atoms. The average Bonchev–Trinajstić information content (AvgIpc) is 3.32. The van der Waals surface area contributed by atoms with Gasteiger partial charge in [0.2, 0.25) is 0 Å². The third kappa shape index (κ3) is 5.10. The van der Waals surface area contributed by atoms with Gasteiger partial charge in [0.05, 0.1) is 23.7 Å². The van der Waals surface area contributed by atoms with Crippen LogP contribution in [0.15, 0.2) is 24.3 Å². The molecule has 1 saturated carbocycles. The number of nitrogens with zero attached hydrogens (tertiary/aromatic N) is 3. The van der Waals surface area contributed by atoms with Gasteiger partial charge in [0.1, 0.15) is 24.3 Å². The molecule has 2 atom stereocenters. The number of nitrogens with two attached hydrogens (primary N) is 1. The largest absolute Gasteiger partial charge is 0.492 e. The Morgan fingerprint density at radius 3 is 2.97 bits per heavy atom. The molecule has 198 valence electrons. The second-order valence-corrected chi connectivity index (χ2v) is 10.6. The van der Waals surface area contributed by atoms with Gasteiger partial charge < -0.3 is 30.6 Å². The molecule has 38 heavy (non-hydrogen) atoms. The fraction of sp³-hybridized carbons (Fsp3) is 0.481. The van der Waals surface area contributed by atoms with Crippen molar-refractivity contribution in [2.75, 3.05) is 43.1 Å². The monoisotopic (exact) mass is 518 g/mol. The number of ether oxygens (including phenoxy) is 3. The molecule has 2 unspecified atom stereocenters. The zero-order valence-electron chi connectivity index (χ0n) is 21.0. The van der Waals surface area contributed by atoms with Crippen LogP contribution in [0.25, 0.3) is 0 Å². The molecule has 0 radical (unpaired) electrons. The van der Waals surface area contributed by atoms with Gasteiger partial charge in [-0.15, -0.1) is 0 Å². The van der Waals surface area contributed by atoms with Gasteiger partial charge >= 0.3 is 6.09 Å². The Morgan fingerprint density at radius 1 is 1.29 bits per heavy atom. The molecule has 11 heteroatoms. The van der Waals surface area contributed by atoms with Crippen molar-refractivity contribution >= 4 is 23.6 Å². The van der Waals surface area contributed by atoms with Crippen LogP contribution >= 0.6 is 0 Å². The number of carbonyl (C=O) groups is 2. The van der Waals surface area contributed by atoms with Crippen LogP contribution < -0.4 is 30.7 Å². The van der Waals surface area contributed by atoms with Gasteiger partial charge in [-0.2, -0.15) is 5.26 Å². The number of nitrogens with one attached hydrogen (secondary N) is 2. The molecule has 0 bridgehead atoms. The van der Waals surface area contributed by atoms with Gasteiger partial charge in [-0.05, 0) is 80.0 Å². The minimum Gasteiger partial charge on any atom is -0.492 e. The third-order valence-corrected chi connectivity index (χ3v) is 7.57. The normalized spacial score (nSPS) is 22.6. The quantitative estimate of drug-likeness (QED) is 0.423. The summed E-state index contributed by atoms with van der Waals surface area (Å²) in [5.74, 6) is 2.06. The summed E-state index contributed by atoms with van der Waals surface area (Å²) in [6, 6.07) is 9.60. The standard InChI is InChI=1S/C27H30N6O5/c28-11-18-10-19(37-15-27(29)4-5-27)9-17-7-16(8-21(17)18)3-6-30-12-20-13-33(26(35)38-20)23-2-1-22-25(31-23)32-24(34)14-36-22/h1-2,9-10,16,20,30H,3-8,12-15,29H2,(H,31,32,34). The van der Waals surface area contributed by atoms with Crippen LogP contribution in [0.2, 0.25) is 0 Å². The number of benzene rings is 1. The van der Waals surface area contributed by atoms with E-state index in [0.29, 0.717) is 48.6 Å². The van der Waals surface area contributed by atoms with Crippen molar-refractivity contribution in [3.63, 3.8) is 0 Å². The first-order valence-electron chi connectivity index (χ1n) is 13.0. The summed E-state index contributed by atoms with van der Waals surface area (Å²) in [5, 5.41) is 15.7. The van der Waals surface area contributed by atoms with E-state index in [1.165, 1.54) is 10.5 Å². The van der Waals surface area contributed by atoms with Crippen molar-refractivity contribution < 1.29 is 23.8 Å². The number of anilines is 2. The molecule has 2 aliphatic carbocycles. The Hall–Kier alpha value is -3.88. The van der Waals surface area contributed by atoms with Crippen molar-refractivity contribution in [2.24, 2.45) is 11.7 Å². The lowest BCUT2D eigenvalue weighted by molar-refractivity contribution is -0.118. The molecule has 2 amide bonds. The second-order valence-electron chi connectivity index (χ2n) is 10.6. The van der Waals surface area contributed by atoms with E-state index < -0.39 is 6.09 Å². The van der Waals surface area contributed by atoms with Gasteiger partial charge in [0.25, 0.3) is 5.91 Å². The van der Waals surface area contributed by atoms with E-state index in [0.717, 1.165) is 50.0 Å². The smallest absolute Gasteiger partial charge is 0.416 e. The number of rotatable bonds is 9. The first kappa shape index (κ1) is 24.5. The SMILES string of the molecule is N#Cc1cc(OCC2(N)CC2)cc2c1CC(CCNCC1CN(c3ccc4c(n3)NC(=O)CO4)C(=O)O1)C2. The summed E-state index contributed by atoms with van der Waals surface area (Å²) in [6.07, 6.45) is 3.91. The average molecular weight is 519 g/mol. The van der Waals surface area contributed by atoms with E-state index in [-0.39, 0.29) is 24.2 Å². The summed E-state index contributed by atoms with van der Waals surface area (Å²) >= 11 is 0. The minimum atomic E-state index is -0.470. The number of amides is 2. The van der Waals surface area contributed by atoms with Crippen molar-refractivity contribution in [3.8, 4) is 17.6 Å². The number of fused-ring (bicyclic) bond motifs is 2. The lowest BCUT2D eigenvalue weighted by Crippen LogP contribution is -2.32. The van der Waals surface area contributed by atoms with Crippen LogP contribution in [0, 0.1) is 17.2 Å². The number of cyclic esters (lactones) is 1. The summed E-state index contributed by atoms with van der Waals surface area (Å²) < 4.78 is 16.8. The molecule has 1 aromatic heterocycles. The predicted octanol–water partition coefficient (Wildman–Crippen LogP) is 1.87. The Bertz CT molecular complexity index is 1320. The first-order chi connectivity index (χ1) is 18.4. The predicted molar refractivity (Wildman–Crippen MR) is 137 cm³/mol. The van der Waals surface area contributed by atoms with Crippen LogP contribution in [-0.4, -0.2) is 61.5 Å². The number of hydrogen-bond donors (Lipinski definition) is 3. The molecular weight excluding hydrogens is 488 g/mol. The fourth-order valence-corrected chi connectivity index (χ4v) is 5.21. The third-order valence-electron chi connectivity index (χ3n) is 7.57. The van der Waals surface area contributed by atoms with Crippen molar-refractivity contribution in [3.05, 3.63) is 41.0 Å². The van der Waals surface area contributed by atoms with E-state index in [2.05, 4.69) is 27.8 Å². The lowest BCUT2D eigenvalue weighted by atomic mass is 10.0. The van der Waals surface area contributed by atoms with Crippen molar-refractivity contribution in [1.82, 2.24) is 10.3 Å². The highest BCUT2D eigenvalue weighted by atomic mass is 16.6. The zero-order valence-corrected chi connectivity index (χ0v) is 21.0. The Morgan fingerprint density at radius 2 is 2.16 bits per heavy atom. The molecule has 1 aromatic carbocycles. The Labute approximate surface area is 220 Å². The molecule has 6 rings (SSSR count). The number of nitriles is 1. The topological polar surface area (TPSA) is 152 Å². The molecule has 11 nitrogen and oxygen atoms in total. The van der Waals surface area contributed by atoms with E-state index in [4.69, 9.17) is 19.9 Å². The molecule has 4 N–H and O–H groups in total. The summed E-state index contributed by atoms with van der Waals surface area (Å²) in [6.45, 7) is 2.09. The first-order valence-corrected chi connectivity index (χ1v) is 13.0. The Kier molecular flexibility index (Phi) is 6.29. The number of carbonyl (C=O) groups excluding carboxylic acids is 2. The van der Waals surface area contributed by atoms with E-state index in [1.807, 2.05) is 6.07 Å². The van der Waals surface area contributed by atoms with E-state index in [1.54, 1.807) is 12.1 Å². The zero-order chi connectivity index (χ0) is 26.3. The Balaban J connectivity index is 0.978. The lowest BCUT2D eigenvalue weighted by Gasteiger charge is -2.19. The van der Waals surface area contributed by atoms with Gasteiger partial charge in [0, 0.05) is 6.54 Å². The van der Waals surface area contributed by atoms with Crippen LogP contribution in [0.4, 0.5) is 16.4 Å².